The van der Waals surface area contributed by atoms with Crippen molar-refractivity contribution in [2.45, 2.75) is 26.4 Å². The highest BCUT2D eigenvalue weighted by Crippen LogP contribution is 2.23. The average molecular weight is 324 g/mol. The standard InChI is InChI=1S/C20H24N2O2/c1-14-10-15(2)12-16(11-14)20(23)21-17-4-6-18(7-5-17)22-9-8-19(13-22)24-3/h4-7,10-12,19H,8-9,13H2,1-3H3,(H,21,23). The van der Waals surface area contributed by atoms with E-state index in [1.165, 1.54) is 5.69 Å². The van der Waals surface area contributed by atoms with Crippen LogP contribution in [0.1, 0.15) is 27.9 Å². The van der Waals surface area contributed by atoms with Gasteiger partial charge in [-0.15, -0.1) is 0 Å². The van der Waals surface area contributed by atoms with Gasteiger partial charge < -0.3 is 15.0 Å². The third-order valence-corrected chi connectivity index (χ3v) is 4.45. The number of carbonyl (C=O) groups excluding carboxylic acids is 1. The highest BCUT2D eigenvalue weighted by molar-refractivity contribution is 6.04. The molecule has 0 aromatic heterocycles. The summed E-state index contributed by atoms with van der Waals surface area (Å²) in [6.45, 7) is 5.93. The van der Waals surface area contributed by atoms with Gasteiger partial charge in [0.2, 0.25) is 0 Å². The quantitative estimate of drug-likeness (QED) is 0.930. The Morgan fingerprint density at radius 1 is 1.12 bits per heavy atom. The van der Waals surface area contributed by atoms with E-state index in [0.29, 0.717) is 11.7 Å². The fourth-order valence-corrected chi connectivity index (χ4v) is 3.22. The zero-order chi connectivity index (χ0) is 17.1. The molecule has 1 atom stereocenters. The fraction of sp³-hybridized carbons (Fsp3) is 0.350. The summed E-state index contributed by atoms with van der Waals surface area (Å²) in [5, 5.41) is 2.97. The number of nitrogens with zero attached hydrogens (tertiary/aromatic N) is 1. The third kappa shape index (κ3) is 3.77. The minimum atomic E-state index is -0.0739. The first-order valence-electron chi connectivity index (χ1n) is 8.32. The Labute approximate surface area is 143 Å². The molecule has 0 bridgehead atoms. The van der Waals surface area contributed by atoms with Crippen molar-refractivity contribution in [3.05, 3.63) is 59.2 Å². The van der Waals surface area contributed by atoms with Crippen molar-refractivity contribution in [1.29, 1.82) is 0 Å². The van der Waals surface area contributed by atoms with Crippen LogP contribution in [0.3, 0.4) is 0 Å². The van der Waals surface area contributed by atoms with Crippen molar-refractivity contribution in [3.8, 4) is 0 Å². The Bertz CT molecular complexity index is 705. The molecule has 1 saturated heterocycles. The third-order valence-electron chi connectivity index (χ3n) is 4.45. The van der Waals surface area contributed by atoms with Gasteiger partial charge in [0.1, 0.15) is 0 Å². The van der Waals surface area contributed by atoms with Gasteiger partial charge in [-0.05, 0) is 56.7 Å². The number of ether oxygens (including phenoxy) is 1. The normalized spacial score (nSPS) is 17.1. The number of nitrogens with one attached hydrogen (secondary N) is 1. The van der Waals surface area contributed by atoms with E-state index in [4.69, 9.17) is 4.74 Å². The molecule has 1 aliphatic rings. The Hall–Kier alpha value is -2.33. The van der Waals surface area contributed by atoms with E-state index >= 15 is 0 Å². The highest BCUT2D eigenvalue weighted by atomic mass is 16.5. The van der Waals surface area contributed by atoms with E-state index in [0.717, 1.165) is 36.3 Å². The van der Waals surface area contributed by atoms with Crippen LogP contribution in [-0.4, -0.2) is 32.2 Å². The van der Waals surface area contributed by atoms with Crippen molar-refractivity contribution in [3.63, 3.8) is 0 Å². The van der Waals surface area contributed by atoms with Crippen LogP contribution in [0.2, 0.25) is 0 Å². The van der Waals surface area contributed by atoms with E-state index in [9.17, 15) is 4.79 Å². The molecule has 4 heteroatoms. The number of methoxy groups -OCH3 is 1. The van der Waals surface area contributed by atoms with Crippen molar-refractivity contribution in [2.24, 2.45) is 0 Å². The Balaban J connectivity index is 1.67. The number of hydrogen-bond acceptors (Lipinski definition) is 3. The summed E-state index contributed by atoms with van der Waals surface area (Å²) in [6.07, 6.45) is 1.37. The SMILES string of the molecule is COC1CCN(c2ccc(NC(=O)c3cc(C)cc(C)c3)cc2)C1. The van der Waals surface area contributed by atoms with Crippen LogP contribution in [0, 0.1) is 13.8 Å². The summed E-state index contributed by atoms with van der Waals surface area (Å²) in [6, 6.07) is 13.9. The maximum absolute atomic E-state index is 12.4. The summed E-state index contributed by atoms with van der Waals surface area (Å²) in [5.74, 6) is -0.0739. The van der Waals surface area contributed by atoms with Crippen LogP contribution in [0.4, 0.5) is 11.4 Å². The lowest BCUT2D eigenvalue weighted by Crippen LogP contribution is -2.22. The number of rotatable bonds is 4. The first kappa shape index (κ1) is 16.5. The molecule has 1 N–H and O–H groups in total. The zero-order valence-corrected chi connectivity index (χ0v) is 14.5. The van der Waals surface area contributed by atoms with Gasteiger partial charge in [-0.2, -0.15) is 0 Å². The summed E-state index contributed by atoms with van der Waals surface area (Å²) in [4.78, 5) is 14.7. The molecule has 0 saturated carbocycles. The maximum Gasteiger partial charge on any atom is 0.255 e. The molecule has 1 heterocycles. The van der Waals surface area contributed by atoms with Gasteiger partial charge >= 0.3 is 0 Å². The van der Waals surface area contributed by atoms with Gasteiger partial charge in [-0.3, -0.25) is 4.79 Å². The first-order chi connectivity index (χ1) is 11.5. The fourth-order valence-electron chi connectivity index (χ4n) is 3.22. The molecule has 4 nitrogen and oxygen atoms in total. The monoisotopic (exact) mass is 324 g/mol. The minimum absolute atomic E-state index is 0.0739. The van der Waals surface area contributed by atoms with E-state index in [-0.39, 0.29) is 5.91 Å². The van der Waals surface area contributed by atoms with Gasteiger partial charge in [0, 0.05) is 37.1 Å². The second-order valence-corrected chi connectivity index (χ2v) is 6.47. The Morgan fingerprint density at radius 2 is 1.79 bits per heavy atom. The molecule has 2 aromatic carbocycles. The predicted molar refractivity (Wildman–Crippen MR) is 97.9 cm³/mol. The number of amides is 1. The van der Waals surface area contributed by atoms with Crippen molar-refractivity contribution < 1.29 is 9.53 Å². The lowest BCUT2D eigenvalue weighted by Gasteiger charge is -2.18. The molecule has 1 fully saturated rings. The van der Waals surface area contributed by atoms with E-state index in [1.807, 2.05) is 38.1 Å². The number of benzene rings is 2. The maximum atomic E-state index is 12.4. The average Bonchev–Trinajstić information content (AvgIpc) is 3.03. The van der Waals surface area contributed by atoms with Crippen LogP contribution >= 0.6 is 0 Å². The lowest BCUT2D eigenvalue weighted by molar-refractivity contribution is 0.102. The molecule has 2 aromatic rings. The lowest BCUT2D eigenvalue weighted by atomic mass is 10.1. The number of hydrogen-bond donors (Lipinski definition) is 1. The van der Waals surface area contributed by atoms with Crippen LogP contribution in [0.5, 0.6) is 0 Å². The second kappa shape index (κ2) is 7.05. The van der Waals surface area contributed by atoms with Gasteiger partial charge in [-0.1, -0.05) is 17.2 Å². The number of anilines is 2. The Kier molecular flexibility index (Phi) is 4.86. The molecule has 3 rings (SSSR count). The number of aryl methyl sites for hydroxylation is 2. The summed E-state index contributed by atoms with van der Waals surface area (Å²) < 4.78 is 5.41. The van der Waals surface area contributed by atoms with Crippen molar-refractivity contribution in [1.82, 2.24) is 0 Å². The van der Waals surface area contributed by atoms with Crippen LogP contribution in [0.25, 0.3) is 0 Å². The van der Waals surface area contributed by atoms with E-state index in [2.05, 4.69) is 28.4 Å². The van der Waals surface area contributed by atoms with Crippen LogP contribution < -0.4 is 10.2 Å². The molecule has 1 aliphatic heterocycles. The largest absolute Gasteiger partial charge is 0.380 e. The first-order valence-corrected chi connectivity index (χ1v) is 8.32. The molecular weight excluding hydrogens is 300 g/mol. The molecule has 0 aliphatic carbocycles. The molecule has 0 spiro atoms. The van der Waals surface area contributed by atoms with Crippen molar-refractivity contribution in [2.75, 3.05) is 30.4 Å². The highest BCUT2D eigenvalue weighted by Gasteiger charge is 2.22. The van der Waals surface area contributed by atoms with Gasteiger partial charge in [-0.25, -0.2) is 0 Å². The molecular formula is C20H24N2O2. The minimum Gasteiger partial charge on any atom is -0.380 e. The topological polar surface area (TPSA) is 41.6 Å². The Morgan fingerprint density at radius 3 is 2.38 bits per heavy atom. The van der Waals surface area contributed by atoms with Gasteiger partial charge in [0.25, 0.3) is 5.91 Å². The van der Waals surface area contributed by atoms with Crippen molar-refractivity contribution >= 4 is 17.3 Å². The molecule has 1 unspecified atom stereocenters. The van der Waals surface area contributed by atoms with Gasteiger partial charge in [0.05, 0.1) is 6.10 Å². The smallest absolute Gasteiger partial charge is 0.255 e. The van der Waals surface area contributed by atoms with Crippen LogP contribution in [-0.2, 0) is 4.74 Å². The number of carbonyl (C=O) groups is 1. The van der Waals surface area contributed by atoms with E-state index in [1.54, 1.807) is 7.11 Å². The van der Waals surface area contributed by atoms with Gasteiger partial charge in [0.15, 0.2) is 0 Å². The predicted octanol–water partition coefficient (Wildman–Crippen LogP) is 3.78. The van der Waals surface area contributed by atoms with E-state index < -0.39 is 0 Å². The van der Waals surface area contributed by atoms with Crippen LogP contribution in [0.15, 0.2) is 42.5 Å². The molecule has 0 radical (unpaired) electrons. The summed E-state index contributed by atoms with van der Waals surface area (Å²) >= 11 is 0. The molecule has 126 valence electrons. The molecule has 1 amide bonds. The summed E-state index contributed by atoms with van der Waals surface area (Å²) in [5.41, 5.74) is 4.86. The molecule has 24 heavy (non-hydrogen) atoms. The summed E-state index contributed by atoms with van der Waals surface area (Å²) in [7, 11) is 1.76. The second-order valence-electron chi connectivity index (χ2n) is 6.47. The zero-order valence-electron chi connectivity index (χ0n) is 14.5.